The number of carbonyl (C=O) groups is 1. The number of pyridine rings is 1. The first kappa shape index (κ1) is 20.5. The first-order chi connectivity index (χ1) is 15.5. The standard InChI is InChI=1S/C25H23N3O3S/c1-15-10-11-21-22(16(15)2)27-25(32-21)28(14-18-7-6-12-26-13-18)24(29)23-17(3)30-19-8-4-5-9-20(19)31-23/h4-13,17,23H,14H2,1-3H3. The molecule has 0 aliphatic carbocycles. The first-order valence-electron chi connectivity index (χ1n) is 10.5. The maximum atomic E-state index is 13.8. The third kappa shape index (κ3) is 3.69. The maximum Gasteiger partial charge on any atom is 0.274 e. The smallest absolute Gasteiger partial charge is 0.274 e. The van der Waals surface area contributed by atoms with Crippen LogP contribution in [-0.2, 0) is 11.3 Å². The van der Waals surface area contributed by atoms with Crippen molar-refractivity contribution in [2.45, 2.75) is 39.5 Å². The number of rotatable bonds is 4. The molecule has 0 saturated carbocycles. The molecule has 6 nitrogen and oxygen atoms in total. The predicted octanol–water partition coefficient (Wildman–Crippen LogP) is 5.07. The van der Waals surface area contributed by atoms with Crippen LogP contribution in [0.4, 0.5) is 5.13 Å². The number of nitrogens with zero attached hydrogens (tertiary/aromatic N) is 3. The lowest BCUT2D eigenvalue weighted by Gasteiger charge is -2.33. The topological polar surface area (TPSA) is 64.6 Å². The van der Waals surface area contributed by atoms with Gasteiger partial charge in [0.25, 0.3) is 5.91 Å². The molecule has 7 heteroatoms. The second-order valence-corrected chi connectivity index (χ2v) is 8.95. The number of benzene rings is 2. The monoisotopic (exact) mass is 445 g/mol. The number of carbonyl (C=O) groups excluding carboxylic acids is 1. The highest BCUT2D eigenvalue weighted by Gasteiger charge is 2.38. The molecule has 0 N–H and O–H groups in total. The number of aromatic nitrogens is 2. The molecule has 162 valence electrons. The lowest BCUT2D eigenvalue weighted by molar-refractivity contribution is -0.130. The van der Waals surface area contributed by atoms with Gasteiger partial charge in [-0.1, -0.05) is 35.6 Å². The van der Waals surface area contributed by atoms with Gasteiger partial charge < -0.3 is 9.47 Å². The second-order valence-electron chi connectivity index (χ2n) is 7.94. The molecule has 0 bridgehead atoms. The molecular formula is C25H23N3O3S. The molecule has 5 rings (SSSR count). The molecule has 0 radical (unpaired) electrons. The van der Waals surface area contributed by atoms with Crippen molar-refractivity contribution in [2.24, 2.45) is 0 Å². The van der Waals surface area contributed by atoms with Crippen LogP contribution >= 0.6 is 11.3 Å². The Morgan fingerprint density at radius 3 is 2.59 bits per heavy atom. The summed E-state index contributed by atoms with van der Waals surface area (Å²) in [6.45, 7) is 6.33. The van der Waals surface area contributed by atoms with E-state index in [9.17, 15) is 4.79 Å². The third-order valence-corrected chi connectivity index (χ3v) is 6.76. The molecule has 2 aromatic heterocycles. The SMILES string of the molecule is Cc1ccc2sc(N(Cc3cccnc3)C(=O)C3Oc4ccccc4OC3C)nc2c1C. The number of para-hydroxylation sites is 2. The van der Waals surface area contributed by atoms with Gasteiger partial charge in [0, 0.05) is 12.4 Å². The number of hydrogen-bond donors (Lipinski definition) is 0. The molecular weight excluding hydrogens is 422 g/mol. The molecule has 0 fully saturated rings. The zero-order valence-corrected chi connectivity index (χ0v) is 18.9. The van der Waals surface area contributed by atoms with Crippen LogP contribution in [-0.4, -0.2) is 28.1 Å². The van der Waals surface area contributed by atoms with Crippen LogP contribution in [0, 0.1) is 13.8 Å². The minimum Gasteiger partial charge on any atom is -0.482 e. The van der Waals surface area contributed by atoms with E-state index in [1.807, 2.05) is 43.3 Å². The quantitative estimate of drug-likeness (QED) is 0.439. The van der Waals surface area contributed by atoms with Crippen LogP contribution in [0.2, 0.25) is 0 Å². The van der Waals surface area contributed by atoms with Gasteiger partial charge in [-0.25, -0.2) is 4.98 Å². The summed E-state index contributed by atoms with van der Waals surface area (Å²) >= 11 is 1.50. The highest BCUT2D eigenvalue weighted by atomic mass is 32.1. The van der Waals surface area contributed by atoms with Crippen molar-refractivity contribution in [3.8, 4) is 11.5 Å². The van der Waals surface area contributed by atoms with E-state index in [1.165, 1.54) is 16.9 Å². The fourth-order valence-electron chi connectivity index (χ4n) is 3.79. The van der Waals surface area contributed by atoms with Crippen LogP contribution in [0.15, 0.2) is 60.9 Å². The summed E-state index contributed by atoms with van der Waals surface area (Å²) in [5.41, 5.74) is 4.14. The van der Waals surface area contributed by atoms with Gasteiger partial charge in [0.1, 0.15) is 6.10 Å². The van der Waals surface area contributed by atoms with Crippen LogP contribution in [0.5, 0.6) is 11.5 Å². The molecule has 1 amide bonds. The summed E-state index contributed by atoms with van der Waals surface area (Å²) < 4.78 is 13.1. The average molecular weight is 446 g/mol. The highest BCUT2D eigenvalue weighted by molar-refractivity contribution is 7.22. The third-order valence-electron chi connectivity index (χ3n) is 5.72. The minimum atomic E-state index is -0.781. The molecule has 2 aromatic carbocycles. The number of fused-ring (bicyclic) bond motifs is 2. The van der Waals surface area contributed by atoms with Gasteiger partial charge in [-0.15, -0.1) is 0 Å². The molecule has 2 atom stereocenters. The van der Waals surface area contributed by atoms with Crippen molar-refractivity contribution in [1.82, 2.24) is 9.97 Å². The van der Waals surface area contributed by atoms with Crippen molar-refractivity contribution < 1.29 is 14.3 Å². The van der Waals surface area contributed by atoms with Crippen molar-refractivity contribution in [3.63, 3.8) is 0 Å². The van der Waals surface area contributed by atoms with E-state index in [2.05, 4.69) is 31.0 Å². The number of thiazole rings is 1. The molecule has 2 unspecified atom stereocenters. The van der Waals surface area contributed by atoms with Gasteiger partial charge in [-0.2, -0.15) is 0 Å². The van der Waals surface area contributed by atoms with Gasteiger partial charge in [-0.3, -0.25) is 14.7 Å². The van der Waals surface area contributed by atoms with E-state index in [0.29, 0.717) is 23.2 Å². The van der Waals surface area contributed by atoms with E-state index < -0.39 is 12.2 Å². The number of aryl methyl sites for hydroxylation is 2. The molecule has 32 heavy (non-hydrogen) atoms. The fourth-order valence-corrected chi connectivity index (χ4v) is 4.82. The molecule has 4 aromatic rings. The first-order valence-corrected chi connectivity index (χ1v) is 11.3. The lowest BCUT2D eigenvalue weighted by Crippen LogP contribution is -2.50. The van der Waals surface area contributed by atoms with Crippen LogP contribution in [0.3, 0.4) is 0 Å². The summed E-state index contributed by atoms with van der Waals surface area (Å²) in [5.74, 6) is 1.03. The summed E-state index contributed by atoms with van der Waals surface area (Å²) in [4.78, 5) is 24.6. The Morgan fingerprint density at radius 2 is 1.84 bits per heavy atom. The Bertz CT molecular complexity index is 1290. The Morgan fingerprint density at radius 1 is 1.06 bits per heavy atom. The van der Waals surface area contributed by atoms with Crippen LogP contribution in [0.25, 0.3) is 10.2 Å². The molecule has 1 aliphatic heterocycles. The lowest BCUT2D eigenvalue weighted by atomic mass is 10.1. The Labute approximate surface area is 190 Å². The summed E-state index contributed by atoms with van der Waals surface area (Å²) in [6.07, 6.45) is 2.26. The Kier molecular flexibility index (Phi) is 5.27. The molecule has 3 heterocycles. The van der Waals surface area contributed by atoms with Gasteiger partial charge >= 0.3 is 0 Å². The van der Waals surface area contributed by atoms with Gasteiger partial charge in [0.2, 0.25) is 6.10 Å². The largest absolute Gasteiger partial charge is 0.482 e. The van der Waals surface area contributed by atoms with E-state index in [4.69, 9.17) is 14.5 Å². The summed E-state index contributed by atoms with van der Waals surface area (Å²) in [6, 6.07) is 15.4. The van der Waals surface area contributed by atoms with Gasteiger partial charge in [0.05, 0.1) is 16.8 Å². The van der Waals surface area contributed by atoms with E-state index >= 15 is 0 Å². The van der Waals surface area contributed by atoms with Crippen molar-refractivity contribution in [3.05, 3.63) is 77.6 Å². The Hall–Kier alpha value is -3.45. The van der Waals surface area contributed by atoms with Crippen molar-refractivity contribution in [1.29, 1.82) is 0 Å². The Balaban J connectivity index is 1.54. The number of ether oxygens (including phenoxy) is 2. The number of hydrogen-bond acceptors (Lipinski definition) is 6. The van der Waals surface area contributed by atoms with Gasteiger partial charge in [-0.05, 0) is 61.7 Å². The minimum absolute atomic E-state index is 0.190. The van der Waals surface area contributed by atoms with E-state index in [0.717, 1.165) is 21.3 Å². The molecule has 0 spiro atoms. The normalized spacial score (nSPS) is 17.3. The predicted molar refractivity (Wildman–Crippen MR) is 125 cm³/mol. The zero-order valence-electron chi connectivity index (χ0n) is 18.1. The fraction of sp³-hybridized carbons (Fsp3) is 0.240. The molecule has 0 saturated heterocycles. The summed E-state index contributed by atoms with van der Waals surface area (Å²) in [7, 11) is 0. The van der Waals surface area contributed by atoms with E-state index in [-0.39, 0.29) is 5.91 Å². The van der Waals surface area contributed by atoms with Crippen LogP contribution in [0.1, 0.15) is 23.6 Å². The number of anilines is 1. The zero-order chi connectivity index (χ0) is 22.2. The number of amides is 1. The van der Waals surface area contributed by atoms with Gasteiger partial charge in [0.15, 0.2) is 16.6 Å². The van der Waals surface area contributed by atoms with Crippen molar-refractivity contribution in [2.75, 3.05) is 4.90 Å². The van der Waals surface area contributed by atoms with Crippen LogP contribution < -0.4 is 14.4 Å². The summed E-state index contributed by atoms with van der Waals surface area (Å²) in [5, 5.41) is 0.636. The average Bonchev–Trinajstić information content (AvgIpc) is 3.24. The second kappa shape index (κ2) is 8.24. The van der Waals surface area contributed by atoms with Crippen molar-refractivity contribution >= 4 is 32.6 Å². The highest BCUT2D eigenvalue weighted by Crippen LogP contribution is 2.36. The molecule has 1 aliphatic rings. The van der Waals surface area contributed by atoms with E-state index in [1.54, 1.807) is 17.3 Å². The maximum absolute atomic E-state index is 13.8.